The van der Waals surface area contributed by atoms with Crippen molar-refractivity contribution in [1.82, 2.24) is 30.0 Å². The minimum Gasteiger partial charge on any atom is -0.507 e. The first kappa shape index (κ1) is 28.1. The van der Waals surface area contributed by atoms with Crippen LogP contribution in [0.3, 0.4) is 0 Å². The number of hydrogen-bond donors (Lipinski definition) is 4. The number of aliphatic carboxylic acids is 1. The molecule has 14 nitrogen and oxygen atoms in total. The van der Waals surface area contributed by atoms with E-state index in [1.807, 2.05) is 0 Å². The van der Waals surface area contributed by atoms with Gasteiger partial charge in [-0.05, 0) is 33.7 Å². The quantitative estimate of drug-likeness (QED) is 0.209. The van der Waals surface area contributed by atoms with E-state index in [2.05, 4.69) is 15.5 Å². The predicted octanol–water partition coefficient (Wildman–Crippen LogP) is 0.705. The molecule has 5 N–H and O–H groups in total. The number of phenols is 2. The largest absolute Gasteiger partial charge is 0.507 e. The smallest absolute Gasteiger partial charge is 0.352 e. The standard InChI is InChI=1S/C25H23N7O7S2/c1-30-25(27-28-29-30)41-11-13-10-40-23-19(22(37)32(23)18(13)24(38)39)31(20(35)16-14(33)8-5-9-15(16)34)21(36)17(26)12-6-3-2-4-7-12/h2-9,17,19,23,33-34H,10-11,26H2,1H3,(H,38,39)/t17-,19?,23-/m1/s1. The Labute approximate surface area is 240 Å². The molecule has 1 aromatic heterocycles. The summed E-state index contributed by atoms with van der Waals surface area (Å²) in [5.41, 5.74) is 6.19. The summed E-state index contributed by atoms with van der Waals surface area (Å²) in [6.07, 6.45) is 0. The lowest BCUT2D eigenvalue weighted by Crippen LogP contribution is -2.72. The van der Waals surface area contributed by atoms with Gasteiger partial charge in [-0.2, -0.15) is 0 Å². The summed E-state index contributed by atoms with van der Waals surface area (Å²) in [5, 5.41) is 41.4. The first-order valence-electron chi connectivity index (χ1n) is 12.1. The van der Waals surface area contributed by atoms with Gasteiger partial charge < -0.3 is 21.1 Å². The van der Waals surface area contributed by atoms with Crippen LogP contribution in [0.1, 0.15) is 22.0 Å². The van der Waals surface area contributed by atoms with Crippen molar-refractivity contribution < 1.29 is 34.5 Å². The molecule has 3 aromatic rings. The van der Waals surface area contributed by atoms with Gasteiger partial charge in [0.25, 0.3) is 17.7 Å². The van der Waals surface area contributed by atoms with E-state index in [1.54, 1.807) is 37.4 Å². The minimum atomic E-state index is -1.44. The van der Waals surface area contributed by atoms with Crippen LogP contribution in [0.25, 0.3) is 0 Å². The first-order valence-corrected chi connectivity index (χ1v) is 14.1. The van der Waals surface area contributed by atoms with Crippen molar-refractivity contribution in [3.8, 4) is 11.5 Å². The number of tetrazole rings is 1. The zero-order chi connectivity index (χ0) is 29.4. The summed E-state index contributed by atoms with van der Waals surface area (Å²) in [7, 11) is 1.63. The Balaban J connectivity index is 1.50. The lowest BCUT2D eigenvalue weighted by molar-refractivity contribution is -0.157. The van der Waals surface area contributed by atoms with Crippen LogP contribution >= 0.6 is 23.5 Å². The lowest BCUT2D eigenvalue weighted by atomic mass is 9.97. The number of aromatic nitrogens is 4. The summed E-state index contributed by atoms with van der Waals surface area (Å²) < 4.78 is 1.43. The maximum absolute atomic E-state index is 13.8. The fourth-order valence-electron chi connectivity index (χ4n) is 4.56. The summed E-state index contributed by atoms with van der Waals surface area (Å²) >= 11 is 2.36. The number of fused-ring (bicyclic) bond motifs is 1. The van der Waals surface area contributed by atoms with Gasteiger partial charge in [0.15, 0.2) is 0 Å². The maximum Gasteiger partial charge on any atom is 0.352 e. The molecule has 1 saturated heterocycles. The molecular weight excluding hydrogens is 574 g/mol. The van der Waals surface area contributed by atoms with Crippen molar-refractivity contribution in [3.05, 3.63) is 70.9 Å². The Kier molecular flexibility index (Phi) is 7.70. The number of carboxylic acid groups (broad SMARTS) is 1. The molecule has 0 radical (unpaired) electrons. The fourth-order valence-corrected chi connectivity index (χ4v) is 6.94. The zero-order valence-electron chi connectivity index (χ0n) is 21.3. The molecule has 0 spiro atoms. The number of nitrogens with two attached hydrogens (primary N) is 1. The summed E-state index contributed by atoms with van der Waals surface area (Å²) in [4.78, 5) is 55.1. The monoisotopic (exact) mass is 597 g/mol. The highest BCUT2D eigenvalue weighted by Crippen LogP contribution is 2.45. The van der Waals surface area contributed by atoms with Gasteiger partial charge in [0.1, 0.15) is 40.2 Å². The average Bonchev–Trinajstić information content (AvgIpc) is 3.37. The van der Waals surface area contributed by atoms with Crippen molar-refractivity contribution in [2.75, 3.05) is 11.5 Å². The second-order valence-corrected chi connectivity index (χ2v) is 11.1. The Morgan fingerprint density at radius 2 is 1.83 bits per heavy atom. The van der Waals surface area contributed by atoms with Crippen LogP contribution in [-0.4, -0.2) is 91.9 Å². The Bertz CT molecular complexity index is 1560. The number of amides is 3. The van der Waals surface area contributed by atoms with Gasteiger partial charge >= 0.3 is 5.97 Å². The van der Waals surface area contributed by atoms with E-state index in [-0.39, 0.29) is 17.2 Å². The molecule has 16 heteroatoms. The third-order valence-electron chi connectivity index (χ3n) is 6.57. The van der Waals surface area contributed by atoms with Crippen LogP contribution in [0.4, 0.5) is 0 Å². The van der Waals surface area contributed by atoms with Gasteiger partial charge in [0, 0.05) is 18.6 Å². The van der Waals surface area contributed by atoms with E-state index >= 15 is 0 Å². The Morgan fingerprint density at radius 3 is 2.44 bits per heavy atom. The van der Waals surface area contributed by atoms with Gasteiger partial charge in [0.2, 0.25) is 5.16 Å². The van der Waals surface area contributed by atoms with Crippen LogP contribution in [-0.2, 0) is 21.4 Å². The number of carboxylic acids is 1. The molecule has 5 rings (SSSR count). The minimum absolute atomic E-state index is 0.174. The zero-order valence-corrected chi connectivity index (χ0v) is 22.9. The fraction of sp³-hybridized carbons (Fsp3) is 0.240. The normalized spacial score (nSPS) is 18.9. The number of nitrogens with zero attached hydrogens (tertiary/aromatic N) is 6. The van der Waals surface area contributed by atoms with E-state index < -0.39 is 58.2 Å². The topological polar surface area (TPSA) is 205 Å². The molecule has 0 bridgehead atoms. The number of aromatic hydroxyl groups is 2. The summed E-state index contributed by atoms with van der Waals surface area (Å²) in [6, 6.07) is 8.96. The second-order valence-electron chi connectivity index (χ2n) is 9.06. The van der Waals surface area contributed by atoms with Gasteiger partial charge in [-0.15, -0.1) is 16.9 Å². The van der Waals surface area contributed by atoms with Crippen molar-refractivity contribution >= 4 is 47.2 Å². The molecule has 0 saturated carbocycles. The Morgan fingerprint density at radius 1 is 1.15 bits per heavy atom. The number of β-lactam (4-membered cyclic amide) rings is 1. The van der Waals surface area contributed by atoms with Crippen molar-refractivity contribution in [1.29, 1.82) is 0 Å². The van der Waals surface area contributed by atoms with E-state index in [0.29, 0.717) is 21.2 Å². The summed E-state index contributed by atoms with van der Waals surface area (Å²) in [5.74, 6) is -5.14. The van der Waals surface area contributed by atoms with Crippen LogP contribution in [0.5, 0.6) is 11.5 Å². The highest BCUT2D eigenvalue weighted by atomic mass is 32.2. The number of hydrogen-bond acceptors (Lipinski definition) is 12. The molecular formula is C25H23N7O7S2. The number of phenolic OH excluding ortho intramolecular Hbond substituents is 2. The maximum atomic E-state index is 13.8. The van der Waals surface area contributed by atoms with E-state index in [9.17, 15) is 34.5 Å². The highest BCUT2D eigenvalue weighted by Gasteiger charge is 2.59. The molecule has 1 unspecified atom stereocenters. The number of imide groups is 1. The van der Waals surface area contributed by atoms with Gasteiger partial charge in [-0.1, -0.05) is 48.2 Å². The van der Waals surface area contributed by atoms with E-state index in [4.69, 9.17) is 5.73 Å². The molecule has 2 aliphatic heterocycles. The van der Waals surface area contributed by atoms with E-state index in [1.165, 1.54) is 34.3 Å². The van der Waals surface area contributed by atoms with Crippen molar-refractivity contribution in [3.63, 3.8) is 0 Å². The van der Waals surface area contributed by atoms with Crippen molar-refractivity contribution in [2.24, 2.45) is 12.8 Å². The molecule has 1 fully saturated rings. The van der Waals surface area contributed by atoms with Gasteiger partial charge in [-0.25, -0.2) is 9.48 Å². The molecule has 3 heterocycles. The number of carbonyl (C=O) groups is 4. The number of carbonyl (C=O) groups excluding carboxylic acids is 3. The Hall–Kier alpha value is -4.41. The molecule has 41 heavy (non-hydrogen) atoms. The van der Waals surface area contributed by atoms with Crippen molar-refractivity contribution in [2.45, 2.75) is 22.6 Å². The lowest BCUT2D eigenvalue weighted by Gasteiger charge is -2.52. The molecule has 3 amide bonds. The second kappa shape index (κ2) is 11.2. The highest BCUT2D eigenvalue weighted by molar-refractivity contribution is 8.01. The molecule has 2 aliphatic rings. The third-order valence-corrected chi connectivity index (χ3v) is 8.99. The van der Waals surface area contributed by atoms with E-state index in [0.717, 1.165) is 17.0 Å². The SMILES string of the molecule is Cn1nnnc1SCC1=C(C(=O)O)N2C(=O)C(N(C(=O)c3c(O)cccc3O)C(=O)[C@H](N)c3ccccc3)[C@H]2SC1. The van der Waals surface area contributed by atoms with Crippen LogP contribution in [0.15, 0.2) is 65.0 Å². The predicted molar refractivity (Wildman–Crippen MR) is 145 cm³/mol. The van der Waals surface area contributed by atoms with Crippen LogP contribution in [0, 0.1) is 0 Å². The van der Waals surface area contributed by atoms with Crippen LogP contribution < -0.4 is 5.73 Å². The van der Waals surface area contributed by atoms with Gasteiger partial charge in [-0.3, -0.25) is 24.2 Å². The molecule has 3 atom stereocenters. The number of benzene rings is 2. The molecule has 0 aliphatic carbocycles. The number of thioether (sulfide) groups is 2. The number of aryl methyl sites for hydroxylation is 1. The average molecular weight is 598 g/mol. The third kappa shape index (κ3) is 5.00. The number of rotatable bonds is 8. The molecule has 2 aromatic carbocycles. The van der Waals surface area contributed by atoms with Gasteiger partial charge in [0.05, 0.1) is 0 Å². The summed E-state index contributed by atoms with van der Waals surface area (Å²) in [6.45, 7) is 0. The van der Waals surface area contributed by atoms with Crippen LogP contribution in [0.2, 0.25) is 0 Å². The first-order chi connectivity index (χ1) is 19.6. The molecule has 212 valence electrons.